The molecule has 0 aromatic carbocycles. The van der Waals surface area contributed by atoms with Gasteiger partial charge in [0, 0.05) is 0 Å². The molecule has 4 N–H and O–H groups in total. The number of carbonyl (C=O) groups is 1. The molecule has 0 aliphatic rings. The van der Waals surface area contributed by atoms with Gasteiger partial charge in [-0.1, -0.05) is 13.8 Å². The molecule has 14 heavy (non-hydrogen) atoms. The second kappa shape index (κ2) is 5.43. The highest BCUT2D eigenvalue weighted by molar-refractivity contribution is 7.47. The van der Waals surface area contributed by atoms with Crippen molar-refractivity contribution >= 4 is 13.8 Å². The molecule has 0 aromatic rings. The monoisotopic (exact) mass is 227 g/mol. The molecule has 0 amide bonds. The molecule has 0 saturated carbocycles. The molecular formula is C6H14NO6P. The summed E-state index contributed by atoms with van der Waals surface area (Å²) < 4.78 is 19.6. The number of hydrogen-bond donors (Lipinski definition) is 3. The molecule has 0 aliphatic carbocycles. The van der Waals surface area contributed by atoms with Crippen LogP contribution in [0.15, 0.2) is 0 Å². The predicted octanol–water partition coefficient (Wildman–Crippen LogP) is 0.145. The number of carboxylic acids is 1. The first-order chi connectivity index (χ1) is 6.24. The Balaban J connectivity index is 4.07. The fourth-order valence-corrected chi connectivity index (χ4v) is 1.39. The van der Waals surface area contributed by atoms with Crippen LogP contribution in [0.1, 0.15) is 13.8 Å². The number of phosphoric acid groups is 1. The Morgan fingerprint density at radius 2 is 2.07 bits per heavy atom. The van der Waals surface area contributed by atoms with E-state index in [1.807, 2.05) is 0 Å². The Bertz CT molecular complexity index is 242. The van der Waals surface area contributed by atoms with Crippen LogP contribution in [-0.2, 0) is 18.4 Å². The smallest absolute Gasteiger partial charge is 0.474 e. The van der Waals surface area contributed by atoms with Crippen molar-refractivity contribution < 1.29 is 28.4 Å². The SMILES string of the molecule is CC(C)COP(=O)(O)O[C@H](N)C(=O)O. The van der Waals surface area contributed by atoms with Gasteiger partial charge in [-0.2, -0.15) is 0 Å². The van der Waals surface area contributed by atoms with Crippen molar-refractivity contribution in [2.75, 3.05) is 6.61 Å². The molecule has 8 heteroatoms. The lowest BCUT2D eigenvalue weighted by molar-refractivity contribution is -0.145. The van der Waals surface area contributed by atoms with E-state index >= 15 is 0 Å². The summed E-state index contributed by atoms with van der Waals surface area (Å²) in [4.78, 5) is 19.1. The Hall–Kier alpha value is -0.460. The predicted molar refractivity (Wildman–Crippen MR) is 47.3 cm³/mol. The van der Waals surface area contributed by atoms with Gasteiger partial charge in [0.15, 0.2) is 0 Å². The van der Waals surface area contributed by atoms with Crippen LogP contribution in [0.2, 0.25) is 0 Å². The van der Waals surface area contributed by atoms with Crippen LogP contribution in [0.25, 0.3) is 0 Å². The van der Waals surface area contributed by atoms with Gasteiger partial charge in [-0.3, -0.25) is 14.8 Å². The summed E-state index contributed by atoms with van der Waals surface area (Å²) >= 11 is 0. The highest BCUT2D eigenvalue weighted by atomic mass is 31.2. The molecule has 0 fully saturated rings. The van der Waals surface area contributed by atoms with Crippen LogP contribution in [0.5, 0.6) is 0 Å². The lowest BCUT2D eigenvalue weighted by atomic mass is 10.2. The molecule has 7 nitrogen and oxygen atoms in total. The van der Waals surface area contributed by atoms with E-state index < -0.39 is 20.0 Å². The third-order valence-corrected chi connectivity index (χ3v) is 2.03. The van der Waals surface area contributed by atoms with Crippen molar-refractivity contribution in [2.45, 2.75) is 20.1 Å². The van der Waals surface area contributed by atoms with Crippen LogP contribution in [0, 0.1) is 5.92 Å². The van der Waals surface area contributed by atoms with Crippen LogP contribution in [0.4, 0.5) is 0 Å². The molecule has 0 aromatic heterocycles. The van der Waals surface area contributed by atoms with Crippen molar-refractivity contribution in [3.63, 3.8) is 0 Å². The molecule has 2 atom stereocenters. The van der Waals surface area contributed by atoms with E-state index in [-0.39, 0.29) is 12.5 Å². The van der Waals surface area contributed by atoms with Gasteiger partial charge < -0.3 is 10.00 Å². The maximum atomic E-state index is 11.0. The summed E-state index contributed by atoms with van der Waals surface area (Å²) in [6.45, 7) is 3.51. The number of hydrogen-bond acceptors (Lipinski definition) is 5. The Kier molecular flexibility index (Phi) is 5.25. The molecule has 0 bridgehead atoms. The normalized spacial score (nSPS) is 17.8. The van der Waals surface area contributed by atoms with Crippen LogP contribution in [-0.4, -0.2) is 28.8 Å². The standard InChI is InChI=1S/C6H14NO6P/c1-4(2)3-12-14(10,11)13-5(7)6(8)9/h4-5H,3,7H2,1-2H3,(H,8,9)(H,10,11)/t5-/m0/s1. The van der Waals surface area contributed by atoms with Crippen molar-refractivity contribution in [2.24, 2.45) is 11.7 Å². The van der Waals surface area contributed by atoms with E-state index in [4.69, 9.17) is 15.7 Å². The Morgan fingerprint density at radius 1 is 1.57 bits per heavy atom. The van der Waals surface area contributed by atoms with E-state index in [0.717, 1.165) is 0 Å². The maximum absolute atomic E-state index is 11.0. The van der Waals surface area contributed by atoms with Crippen molar-refractivity contribution in [3.05, 3.63) is 0 Å². The summed E-state index contributed by atoms with van der Waals surface area (Å²) in [7, 11) is -4.36. The van der Waals surface area contributed by atoms with Crippen LogP contribution < -0.4 is 5.73 Å². The molecule has 0 aliphatic heterocycles. The minimum atomic E-state index is -4.36. The first kappa shape index (κ1) is 13.5. The van der Waals surface area contributed by atoms with Gasteiger partial charge >= 0.3 is 13.8 Å². The van der Waals surface area contributed by atoms with Gasteiger partial charge in [0.1, 0.15) is 0 Å². The van der Waals surface area contributed by atoms with Crippen molar-refractivity contribution in [1.82, 2.24) is 0 Å². The van der Waals surface area contributed by atoms with E-state index in [1.54, 1.807) is 13.8 Å². The second-order valence-electron chi connectivity index (χ2n) is 3.02. The minimum absolute atomic E-state index is 0.0138. The average molecular weight is 227 g/mol. The first-order valence-corrected chi connectivity index (χ1v) is 5.38. The number of carboxylic acid groups (broad SMARTS) is 1. The van der Waals surface area contributed by atoms with Crippen LogP contribution in [0.3, 0.4) is 0 Å². The third kappa shape index (κ3) is 6.06. The average Bonchev–Trinajstić information content (AvgIpc) is 2.00. The second-order valence-corrected chi connectivity index (χ2v) is 4.43. The molecule has 84 valence electrons. The highest BCUT2D eigenvalue weighted by Crippen LogP contribution is 2.44. The zero-order valence-electron chi connectivity index (χ0n) is 7.91. The summed E-state index contributed by atoms with van der Waals surface area (Å²) in [6, 6.07) is 0. The third-order valence-electron chi connectivity index (χ3n) is 1.06. The van der Waals surface area contributed by atoms with Gasteiger partial charge in [0.2, 0.25) is 6.23 Å². The van der Waals surface area contributed by atoms with Gasteiger partial charge in [0.05, 0.1) is 6.61 Å². The zero-order chi connectivity index (χ0) is 11.4. The Morgan fingerprint density at radius 3 is 2.43 bits per heavy atom. The fourth-order valence-electron chi connectivity index (χ4n) is 0.462. The van der Waals surface area contributed by atoms with E-state index in [1.165, 1.54) is 0 Å². The molecule has 0 radical (unpaired) electrons. The van der Waals surface area contributed by atoms with E-state index in [0.29, 0.717) is 0 Å². The highest BCUT2D eigenvalue weighted by Gasteiger charge is 2.28. The van der Waals surface area contributed by atoms with Gasteiger partial charge in [0.25, 0.3) is 0 Å². The summed E-state index contributed by atoms with van der Waals surface area (Å²) in [6.07, 6.45) is -1.86. The first-order valence-electron chi connectivity index (χ1n) is 3.88. The number of aliphatic carboxylic acids is 1. The Labute approximate surface area is 81.4 Å². The van der Waals surface area contributed by atoms with Crippen molar-refractivity contribution in [3.8, 4) is 0 Å². The molecule has 0 rings (SSSR count). The summed E-state index contributed by atoms with van der Waals surface area (Å²) in [5.74, 6) is -1.51. The number of rotatable bonds is 6. The minimum Gasteiger partial charge on any atom is -0.478 e. The molecule has 0 spiro atoms. The van der Waals surface area contributed by atoms with Gasteiger partial charge in [-0.15, -0.1) is 0 Å². The largest absolute Gasteiger partial charge is 0.478 e. The summed E-state index contributed by atoms with van der Waals surface area (Å²) in [5, 5.41) is 8.28. The zero-order valence-corrected chi connectivity index (χ0v) is 8.81. The lowest BCUT2D eigenvalue weighted by Crippen LogP contribution is -2.32. The van der Waals surface area contributed by atoms with Gasteiger partial charge in [-0.05, 0) is 5.92 Å². The van der Waals surface area contributed by atoms with E-state index in [2.05, 4.69) is 9.05 Å². The number of nitrogens with two attached hydrogens (primary N) is 1. The fraction of sp³-hybridized carbons (Fsp3) is 0.833. The maximum Gasteiger partial charge on any atom is 0.474 e. The van der Waals surface area contributed by atoms with E-state index in [9.17, 15) is 9.36 Å². The molecular weight excluding hydrogens is 213 g/mol. The topological polar surface area (TPSA) is 119 Å². The molecule has 0 saturated heterocycles. The van der Waals surface area contributed by atoms with Crippen LogP contribution >= 0.6 is 7.82 Å². The lowest BCUT2D eigenvalue weighted by Gasteiger charge is -2.15. The molecule has 1 unspecified atom stereocenters. The molecule has 0 heterocycles. The quantitative estimate of drug-likeness (QED) is 0.436. The van der Waals surface area contributed by atoms with Crippen molar-refractivity contribution in [1.29, 1.82) is 0 Å². The number of phosphoric ester groups is 1. The summed E-state index contributed by atoms with van der Waals surface area (Å²) in [5.41, 5.74) is 4.88. The van der Waals surface area contributed by atoms with Gasteiger partial charge in [-0.25, -0.2) is 9.36 Å².